The van der Waals surface area contributed by atoms with Crippen molar-refractivity contribution in [2.75, 3.05) is 18.5 Å². The summed E-state index contributed by atoms with van der Waals surface area (Å²) >= 11 is 0. The minimum absolute atomic E-state index is 0.0748. The molecule has 1 N–H and O–H groups in total. The van der Waals surface area contributed by atoms with Crippen LogP contribution in [0.15, 0.2) is 42.9 Å². The van der Waals surface area contributed by atoms with Gasteiger partial charge in [-0.15, -0.1) is 0 Å². The summed E-state index contributed by atoms with van der Waals surface area (Å²) in [6.45, 7) is 5.87. The third-order valence-corrected chi connectivity index (χ3v) is 6.38. The number of hydrogen-bond donors (Lipinski definition) is 1. The van der Waals surface area contributed by atoms with Crippen molar-refractivity contribution in [2.45, 2.75) is 46.1 Å². The number of pyridine rings is 1. The van der Waals surface area contributed by atoms with E-state index in [4.69, 9.17) is 14.6 Å². The average Bonchev–Trinajstić information content (AvgIpc) is 3.69. The normalized spacial score (nSPS) is 12.8. The van der Waals surface area contributed by atoms with E-state index < -0.39 is 17.6 Å². The fourth-order valence-electron chi connectivity index (χ4n) is 4.46. The number of nitrogens with one attached hydrogen (secondary N) is 1. The average molecular weight is 535 g/mol. The van der Waals surface area contributed by atoms with E-state index in [1.165, 1.54) is 18.3 Å². The number of halogens is 2. The highest BCUT2D eigenvalue weighted by Gasteiger charge is 2.32. The first-order valence-electron chi connectivity index (χ1n) is 12.8. The van der Waals surface area contributed by atoms with Gasteiger partial charge in [0.2, 0.25) is 0 Å². The van der Waals surface area contributed by atoms with Crippen LogP contribution in [0.3, 0.4) is 0 Å². The smallest absolute Gasteiger partial charge is 0.341 e. The lowest BCUT2D eigenvalue weighted by Crippen LogP contribution is -2.10. The maximum absolute atomic E-state index is 14.9. The predicted octanol–water partition coefficient (Wildman–Crippen LogP) is 5.57. The van der Waals surface area contributed by atoms with Gasteiger partial charge in [0.25, 0.3) is 0 Å². The van der Waals surface area contributed by atoms with Crippen LogP contribution in [0.1, 0.15) is 59.8 Å². The first-order valence-corrected chi connectivity index (χ1v) is 12.8. The van der Waals surface area contributed by atoms with Gasteiger partial charge in [-0.3, -0.25) is 9.67 Å². The lowest BCUT2D eigenvalue weighted by atomic mass is 10.1. The van der Waals surface area contributed by atoms with E-state index in [0.717, 1.165) is 24.1 Å². The Morgan fingerprint density at radius 1 is 1.13 bits per heavy atom. The van der Waals surface area contributed by atoms with Crippen molar-refractivity contribution in [1.29, 1.82) is 0 Å². The molecule has 1 aromatic carbocycles. The van der Waals surface area contributed by atoms with Crippen LogP contribution in [0.2, 0.25) is 0 Å². The van der Waals surface area contributed by atoms with Crippen LogP contribution >= 0.6 is 0 Å². The van der Waals surface area contributed by atoms with Gasteiger partial charge in [0.15, 0.2) is 5.82 Å². The van der Waals surface area contributed by atoms with Gasteiger partial charge in [0.1, 0.15) is 34.5 Å². The molecule has 5 rings (SSSR count). The molecule has 1 aliphatic carbocycles. The Morgan fingerprint density at radius 3 is 2.59 bits per heavy atom. The maximum atomic E-state index is 14.9. The van der Waals surface area contributed by atoms with E-state index in [9.17, 15) is 13.6 Å². The highest BCUT2D eigenvalue weighted by Crippen LogP contribution is 2.43. The first-order chi connectivity index (χ1) is 18.9. The molecule has 9 nitrogen and oxygen atoms in total. The van der Waals surface area contributed by atoms with Crippen molar-refractivity contribution in [3.8, 4) is 17.3 Å². The van der Waals surface area contributed by atoms with Gasteiger partial charge in [-0.25, -0.2) is 23.5 Å². The molecule has 1 fully saturated rings. The lowest BCUT2D eigenvalue weighted by molar-refractivity contribution is 0.0527. The van der Waals surface area contributed by atoms with Crippen molar-refractivity contribution in [3.63, 3.8) is 0 Å². The largest absolute Gasteiger partial charge is 0.494 e. The number of hydrogen-bond acceptors (Lipinski definition) is 8. The number of carbonyl (C=O) groups is 1. The Kier molecular flexibility index (Phi) is 7.49. The Bertz CT molecular complexity index is 1500. The summed E-state index contributed by atoms with van der Waals surface area (Å²) < 4.78 is 41.8. The Hall–Kier alpha value is -4.41. The summed E-state index contributed by atoms with van der Waals surface area (Å²) in [4.78, 5) is 25.4. The standard InChI is InChI=1S/C28H28F2N6O3/c1-4-38-18-12-21(29)20(22(30)13-18)15-36-26(17-6-7-17)16(3)25(35-36)27-32-11-9-24(34-27)33-23-8-10-31-14-19(23)28(37)39-5-2/h8-14,17H,4-7,15H2,1-3H3,(H,31,32,33,34). The summed E-state index contributed by atoms with van der Waals surface area (Å²) in [7, 11) is 0. The maximum Gasteiger partial charge on any atom is 0.341 e. The Balaban J connectivity index is 1.47. The Morgan fingerprint density at radius 2 is 1.90 bits per heavy atom. The van der Waals surface area contributed by atoms with Gasteiger partial charge < -0.3 is 14.8 Å². The van der Waals surface area contributed by atoms with Crippen LogP contribution < -0.4 is 10.1 Å². The molecule has 11 heteroatoms. The van der Waals surface area contributed by atoms with Crippen molar-refractivity contribution < 1.29 is 23.0 Å². The van der Waals surface area contributed by atoms with E-state index in [1.807, 2.05) is 6.92 Å². The third kappa shape index (κ3) is 5.57. The van der Waals surface area contributed by atoms with Crippen molar-refractivity contribution in [2.24, 2.45) is 0 Å². The number of anilines is 2. The van der Waals surface area contributed by atoms with E-state index in [1.54, 1.807) is 43.1 Å². The zero-order chi connectivity index (χ0) is 27.5. The number of aromatic nitrogens is 5. The minimum atomic E-state index is -0.688. The topological polar surface area (TPSA) is 104 Å². The van der Waals surface area contributed by atoms with Crippen molar-refractivity contribution in [1.82, 2.24) is 24.7 Å². The third-order valence-electron chi connectivity index (χ3n) is 6.38. The van der Waals surface area contributed by atoms with Gasteiger partial charge in [-0.2, -0.15) is 5.10 Å². The molecule has 0 bridgehead atoms. The zero-order valence-electron chi connectivity index (χ0n) is 21.9. The van der Waals surface area contributed by atoms with Crippen LogP contribution in [0.5, 0.6) is 5.75 Å². The molecule has 39 heavy (non-hydrogen) atoms. The predicted molar refractivity (Wildman–Crippen MR) is 140 cm³/mol. The van der Waals surface area contributed by atoms with Crippen LogP contribution in [0, 0.1) is 18.6 Å². The lowest BCUT2D eigenvalue weighted by Gasteiger charge is -2.11. The number of nitrogens with zero attached hydrogens (tertiary/aromatic N) is 5. The van der Waals surface area contributed by atoms with Crippen LogP contribution in [0.4, 0.5) is 20.3 Å². The van der Waals surface area contributed by atoms with Crippen LogP contribution in [-0.4, -0.2) is 43.9 Å². The van der Waals surface area contributed by atoms with E-state index in [2.05, 4.69) is 20.3 Å². The number of carbonyl (C=O) groups excluding carboxylic acids is 1. The van der Waals surface area contributed by atoms with Gasteiger partial charge in [0.05, 0.1) is 25.4 Å². The summed E-state index contributed by atoms with van der Waals surface area (Å²) in [5.41, 5.74) is 2.96. The fourth-order valence-corrected chi connectivity index (χ4v) is 4.46. The second-order valence-corrected chi connectivity index (χ2v) is 9.12. The molecule has 0 saturated heterocycles. The van der Waals surface area contributed by atoms with Gasteiger partial charge >= 0.3 is 5.97 Å². The van der Waals surface area contributed by atoms with E-state index in [-0.39, 0.29) is 35.9 Å². The molecule has 0 amide bonds. The second kappa shape index (κ2) is 11.1. The monoisotopic (exact) mass is 534 g/mol. The molecular formula is C28H28F2N6O3. The molecule has 3 heterocycles. The summed E-state index contributed by atoms with van der Waals surface area (Å²) in [5, 5.41) is 7.84. The molecule has 202 valence electrons. The van der Waals surface area contributed by atoms with Crippen LogP contribution in [-0.2, 0) is 11.3 Å². The SMILES string of the molecule is CCOC(=O)c1cnccc1Nc1ccnc(-c2nn(Cc3c(F)cc(OCC)cc3F)c(C3CC3)c2C)n1. The molecule has 1 saturated carbocycles. The second-order valence-electron chi connectivity index (χ2n) is 9.12. The van der Waals surface area contributed by atoms with Gasteiger partial charge in [-0.1, -0.05) is 0 Å². The van der Waals surface area contributed by atoms with E-state index in [0.29, 0.717) is 29.6 Å². The molecule has 1 aliphatic rings. The van der Waals surface area contributed by atoms with Crippen LogP contribution in [0.25, 0.3) is 11.5 Å². The molecule has 0 unspecified atom stereocenters. The van der Waals surface area contributed by atoms with Gasteiger partial charge in [-0.05, 0) is 45.7 Å². The molecule has 0 radical (unpaired) electrons. The Labute approximate surface area is 224 Å². The van der Waals surface area contributed by atoms with Gasteiger partial charge in [0, 0.05) is 53.5 Å². The molecular weight excluding hydrogens is 506 g/mol. The quantitative estimate of drug-likeness (QED) is 0.264. The molecule has 0 atom stereocenters. The highest BCUT2D eigenvalue weighted by molar-refractivity contribution is 5.96. The summed E-state index contributed by atoms with van der Waals surface area (Å²) in [5.74, 6) is -0.696. The molecule has 0 aliphatic heterocycles. The summed E-state index contributed by atoms with van der Waals surface area (Å²) in [6, 6.07) is 5.70. The molecule has 0 spiro atoms. The van der Waals surface area contributed by atoms with E-state index >= 15 is 0 Å². The molecule has 3 aromatic heterocycles. The number of esters is 1. The zero-order valence-corrected chi connectivity index (χ0v) is 21.9. The first kappa shape index (κ1) is 26.2. The number of rotatable bonds is 10. The van der Waals surface area contributed by atoms with Crippen molar-refractivity contribution in [3.05, 3.63) is 76.9 Å². The fraction of sp³-hybridized carbons (Fsp3) is 0.321. The van der Waals surface area contributed by atoms with Crippen molar-refractivity contribution >= 4 is 17.5 Å². The number of benzene rings is 1. The number of ether oxygens (including phenoxy) is 2. The molecule has 4 aromatic rings. The highest BCUT2D eigenvalue weighted by atomic mass is 19.1. The summed E-state index contributed by atoms with van der Waals surface area (Å²) in [6.07, 6.45) is 6.51. The minimum Gasteiger partial charge on any atom is -0.494 e.